The van der Waals surface area contributed by atoms with Crippen molar-refractivity contribution in [2.45, 2.75) is 39.7 Å². The van der Waals surface area contributed by atoms with Crippen LogP contribution < -0.4 is 4.74 Å². The zero-order valence-electron chi connectivity index (χ0n) is 13.5. The lowest BCUT2D eigenvalue weighted by molar-refractivity contribution is 0.0562. The third-order valence-corrected chi connectivity index (χ3v) is 3.94. The summed E-state index contributed by atoms with van der Waals surface area (Å²) in [6, 6.07) is 12.3. The molecule has 0 heterocycles. The molecular weight excluding hydrogens is 260 g/mol. The molecule has 21 heavy (non-hydrogen) atoms. The molecule has 2 nitrogen and oxygen atoms in total. The third kappa shape index (κ3) is 3.45. The van der Waals surface area contributed by atoms with Crippen LogP contribution in [0.1, 0.15) is 34.7 Å². The summed E-state index contributed by atoms with van der Waals surface area (Å²) < 4.78 is 5.42. The van der Waals surface area contributed by atoms with Crippen molar-refractivity contribution < 1.29 is 9.84 Å². The van der Waals surface area contributed by atoms with E-state index in [1.807, 2.05) is 32.9 Å². The molecule has 0 spiro atoms. The van der Waals surface area contributed by atoms with Gasteiger partial charge in [-0.05, 0) is 50.5 Å². The molecule has 0 bridgehead atoms. The number of ether oxygens (including phenoxy) is 1. The maximum atomic E-state index is 11.0. The average Bonchev–Trinajstić information content (AvgIpc) is 2.41. The van der Waals surface area contributed by atoms with Crippen LogP contribution in [0.2, 0.25) is 0 Å². The van der Waals surface area contributed by atoms with E-state index >= 15 is 0 Å². The number of benzene rings is 2. The van der Waals surface area contributed by atoms with Gasteiger partial charge >= 0.3 is 0 Å². The normalized spacial score (nSPS) is 13.8. The lowest BCUT2D eigenvalue weighted by atomic mass is 9.85. The highest BCUT2D eigenvalue weighted by molar-refractivity contribution is 5.41. The molecule has 0 fully saturated rings. The Hall–Kier alpha value is -1.80. The van der Waals surface area contributed by atoms with Crippen molar-refractivity contribution in [2.24, 2.45) is 0 Å². The molecule has 2 aromatic rings. The molecule has 112 valence electrons. The van der Waals surface area contributed by atoms with Gasteiger partial charge in [-0.2, -0.15) is 0 Å². The van der Waals surface area contributed by atoms with Gasteiger partial charge in [0.15, 0.2) is 0 Å². The van der Waals surface area contributed by atoms with Crippen LogP contribution in [-0.2, 0) is 12.0 Å². The van der Waals surface area contributed by atoms with Crippen molar-refractivity contribution >= 4 is 0 Å². The van der Waals surface area contributed by atoms with Gasteiger partial charge in [-0.25, -0.2) is 0 Å². The van der Waals surface area contributed by atoms with Gasteiger partial charge in [-0.1, -0.05) is 41.5 Å². The number of aryl methyl sites for hydroxylation is 3. The summed E-state index contributed by atoms with van der Waals surface area (Å²) in [6.07, 6.45) is 0.530. The van der Waals surface area contributed by atoms with Crippen LogP contribution in [0, 0.1) is 20.8 Å². The summed E-state index contributed by atoms with van der Waals surface area (Å²) in [7, 11) is 1.67. The summed E-state index contributed by atoms with van der Waals surface area (Å²) in [6.45, 7) is 8.01. The number of rotatable bonds is 4. The maximum absolute atomic E-state index is 11.0. The molecular formula is C19H24O2. The summed E-state index contributed by atoms with van der Waals surface area (Å²) in [4.78, 5) is 0. The molecule has 0 amide bonds. The van der Waals surface area contributed by atoms with Gasteiger partial charge in [0, 0.05) is 6.42 Å². The highest BCUT2D eigenvalue weighted by atomic mass is 16.5. The zero-order valence-corrected chi connectivity index (χ0v) is 13.5. The second-order valence-corrected chi connectivity index (χ2v) is 6.08. The fraction of sp³-hybridized carbons (Fsp3) is 0.368. The molecule has 2 aromatic carbocycles. The Bertz CT molecular complexity index is 642. The maximum Gasteiger partial charge on any atom is 0.122 e. The van der Waals surface area contributed by atoms with Crippen LogP contribution in [-0.4, -0.2) is 12.2 Å². The largest absolute Gasteiger partial charge is 0.496 e. The number of methoxy groups -OCH3 is 1. The van der Waals surface area contributed by atoms with Crippen LogP contribution in [0.5, 0.6) is 5.75 Å². The van der Waals surface area contributed by atoms with Crippen molar-refractivity contribution in [1.82, 2.24) is 0 Å². The Morgan fingerprint density at radius 2 is 1.62 bits per heavy atom. The average molecular weight is 284 g/mol. The predicted octanol–water partition coefficient (Wildman–Crippen LogP) is 4.07. The van der Waals surface area contributed by atoms with E-state index in [4.69, 9.17) is 4.74 Å². The number of hydrogen-bond acceptors (Lipinski definition) is 2. The summed E-state index contributed by atoms with van der Waals surface area (Å²) in [5, 5.41) is 11.0. The van der Waals surface area contributed by atoms with Crippen LogP contribution in [0.4, 0.5) is 0 Å². The zero-order chi connectivity index (χ0) is 15.6. The Balaban J connectivity index is 2.41. The summed E-state index contributed by atoms with van der Waals surface area (Å²) in [5.74, 6) is 0.825. The number of hydrogen-bond donors (Lipinski definition) is 1. The molecule has 1 N–H and O–H groups in total. The van der Waals surface area contributed by atoms with Crippen LogP contribution in [0.15, 0.2) is 36.4 Å². The summed E-state index contributed by atoms with van der Waals surface area (Å²) >= 11 is 0. The fourth-order valence-electron chi connectivity index (χ4n) is 2.83. The Labute approximate surface area is 127 Å². The van der Waals surface area contributed by atoms with Gasteiger partial charge in [0.1, 0.15) is 5.75 Å². The second-order valence-electron chi connectivity index (χ2n) is 6.08. The van der Waals surface area contributed by atoms with E-state index in [0.29, 0.717) is 6.42 Å². The molecule has 0 aliphatic heterocycles. The molecule has 1 atom stereocenters. The van der Waals surface area contributed by atoms with E-state index in [9.17, 15) is 5.11 Å². The molecule has 0 aliphatic carbocycles. The molecule has 2 rings (SSSR count). The van der Waals surface area contributed by atoms with Gasteiger partial charge in [-0.15, -0.1) is 0 Å². The van der Waals surface area contributed by atoms with Crippen molar-refractivity contribution in [1.29, 1.82) is 0 Å². The van der Waals surface area contributed by atoms with Gasteiger partial charge in [0.05, 0.1) is 12.7 Å². The highest BCUT2D eigenvalue weighted by Gasteiger charge is 2.27. The standard InChI is InChI=1S/C19H24O2/c1-13-7-9-18(21-5)16(10-13)12-19(4,20)17-11-14(2)6-8-15(17)3/h6-11,20H,12H2,1-5H3. The molecule has 0 radical (unpaired) electrons. The quantitative estimate of drug-likeness (QED) is 0.917. The molecule has 1 unspecified atom stereocenters. The topological polar surface area (TPSA) is 29.5 Å². The first-order chi connectivity index (χ1) is 9.83. The lowest BCUT2D eigenvalue weighted by Gasteiger charge is -2.27. The molecule has 0 saturated heterocycles. The monoisotopic (exact) mass is 284 g/mol. The van der Waals surface area contributed by atoms with Crippen LogP contribution in [0.25, 0.3) is 0 Å². The Morgan fingerprint density at radius 3 is 2.29 bits per heavy atom. The van der Waals surface area contributed by atoms with E-state index in [1.165, 1.54) is 5.56 Å². The first kappa shape index (κ1) is 15.6. The van der Waals surface area contributed by atoms with E-state index in [-0.39, 0.29) is 0 Å². The van der Waals surface area contributed by atoms with E-state index in [2.05, 4.69) is 31.2 Å². The van der Waals surface area contributed by atoms with E-state index < -0.39 is 5.60 Å². The van der Waals surface area contributed by atoms with Crippen LogP contribution >= 0.6 is 0 Å². The first-order valence-electron chi connectivity index (χ1n) is 7.27. The Morgan fingerprint density at radius 1 is 1.00 bits per heavy atom. The minimum Gasteiger partial charge on any atom is -0.496 e. The fourth-order valence-corrected chi connectivity index (χ4v) is 2.83. The van der Waals surface area contributed by atoms with Crippen LogP contribution in [0.3, 0.4) is 0 Å². The SMILES string of the molecule is COc1ccc(C)cc1CC(C)(O)c1cc(C)ccc1C. The molecule has 0 saturated carbocycles. The van der Waals surface area contributed by atoms with Gasteiger partial charge in [0.2, 0.25) is 0 Å². The molecule has 2 heteroatoms. The second kappa shape index (κ2) is 5.90. The van der Waals surface area contributed by atoms with Crippen molar-refractivity contribution in [2.75, 3.05) is 7.11 Å². The van der Waals surface area contributed by atoms with Crippen molar-refractivity contribution in [3.63, 3.8) is 0 Å². The third-order valence-electron chi connectivity index (χ3n) is 3.94. The molecule has 0 aliphatic rings. The molecule has 0 aromatic heterocycles. The van der Waals surface area contributed by atoms with Gasteiger partial charge in [-0.3, -0.25) is 0 Å². The minimum atomic E-state index is -0.919. The smallest absolute Gasteiger partial charge is 0.122 e. The highest BCUT2D eigenvalue weighted by Crippen LogP contribution is 2.32. The van der Waals surface area contributed by atoms with Gasteiger partial charge < -0.3 is 9.84 Å². The van der Waals surface area contributed by atoms with E-state index in [0.717, 1.165) is 28.0 Å². The predicted molar refractivity (Wildman–Crippen MR) is 86.9 cm³/mol. The van der Waals surface area contributed by atoms with Gasteiger partial charge in [0.25, 0.3) is 0 Å². The summed E-state index contributed by atoms with van der Waals surface area (Å²) in [5.41, 5.74) is 4.53. The lowest BCUT2D eigenvalue weighted by Crippen LogP contribution is -2.26. The Kier molecular flexibility index (Phi) is 4.38. The number of aliphatic hydroxyl groups is 1. The minimum absolute atomic E-state index is 0.530. The van der Waals surface area contributed by atoms with Crippen molar-refractivity contribution in [3.05, 3.63) is 64.2 Å². The first-order valence-corrected chi connectivity index (χ1v) is 7.27. The van der Waals surface area contributed by atoms with E-state index in [1.54, 1.807) is 7.11 Å². The van der Waals surface area contributed by atoms with Crippen molar-refractivity contribution in [3.8, 4) is 5.75 Å².